The molecule has 1 amide bonds. The number of amides is 1. The van der Waals surface area contributed by atoms with Gasteiger partial charge < -0.3 is 9.30 Å². The van der Waals surface area contributed by atoms with Crippen molar-refractivity contribution in [2.75, 3.05) is 7.11 Å². The lowest BCUT2D eigenvalue weighted by molar-refractivity contribution is -0.117. The van der Waals surface area contributed by atoms with Gasteiger partial charge in [0.25, 0.3) is 5.91 Å². The van der Waals surface area contributed by atoms with E-state index in [1.807, 2.05) is 36.7 Å². The summed E-state index contributed by atoms with van der Waals surface area (Å²) in [4.78, 5) is 17.5. The molecule has 0 atom stereocenters. The summed E-state index contributed by atoms with van der Waals surface area (Å²) in [6.07, 6.45) is 0.289. The number of carbonyl (C=O) groups excluding carboxylic acids is 1. The second-order valence-corrected chi connectivity index (χ2v) is 7.34. The summed E-state index contributed by atoms with van der Waals surface area (Å²) in [5.74, 6) is 0.690. The molecule has 2 aromatic carbocycles. The highest BCUT2D eigenvalue weighted by Crippen LogP contribution is 2.21. The van der Waals surface area contributed by atoms with Crippen molar-refractivity contribution in [2.45, 2.75) is 27.2 Å². The highest BCUT2D eigenvalue weighted by molar-refractivity contribution is 7.16. The van der Waals surface area contributed by atoms with Crippen molar-refractivity contribution in [3.05, 3.63) is 57.4 Å². The number of fused-ring (bicyclic) bond motifs is 1. The van der Waals surface area contributed by atoms with Gasteiger partial charge >= 0.3 is 0 Å². The fourth-order valence-electron chi connectivity index (χ4n) is 2.86. The van der Waals surface area contributed by atoms with Gasteiger partial charge in [0, 0.05) is 7.05 Å². The van der Waals surface area contributed by atoms with Crippen molar-refractivity contribution in [3.63, 3.8) is 0 Å². The van der Waals surface area contributed by atoms with Crippen LogP contribution in [-0.2, 0) is 18.3 Å². The van der Waals surface area contributed by atoms with Crippen LogP contribution in [0.2, 0.25) is 0 Å². The van der Waals surface area contributed by atoms with E-state index >= 15 is 0 Å². The van der Waals surface area contributed by atoms with Gasteiger partial charge in [-0.15, -0.1) is 0 Å². The average molecular weight is 354 g/mol. The van der Waals surface area contributed by atoms with Crippen molar-refractivity contribution in [3.8, 4) is 5.75 Å². The van der Waals surface area contributed by atoms with Crippen LogP contribution in [0, 0.1) is 20.8 Å². The maximum atomic E-state index is 12.4. The molecule has 0 unspecified atom stereocenters. The first-order valence-corrected chi connectivity index (χ1v) is 8.98. The Morgan fingerprint density at radius 1 is 1.12 bits per heavy atom. The molecule has 0 N–H and O–H groups in total. The predicted octanol–water partition coefficient (Wildman–Crippen LogP) is 3.84. The molecule has 130 valence electrons. The van der Waals surface area contributed by atoms with E-state index in [1.54, 1.807) is 18.4 Å². The second kappa shape index (κ2) is 6.84. The molecular weight excluding hydrogens is 332 g/mol. The van der Waals surface area contributed by atoms with Crippen LogP contribution in [0.1, 0.15) is 22.3 Å². The van der Waals surface area contributed by atoms with Gasteiger partial charge in [-0.05, 0) is 61.2 Å². The van der Waals surface area contributed by atoms with E-state index in [0.29, 0.717) is 0 Å². The zero-order valence-electron chi connectivity index (χ0n) is 15.2. The molecule has 0 saturated heterocycles. The van der Waals surface area contributed by atoms with E-state index in [4.69, 9.17) is 4.74 Å². The van der Waals surface area contributed by atoms with Crippen LogP contribution < -0.4 is 9.54 Å². The number of methoxy groups -OCH3 is 1. The summed E-state index contributed by atoms with van der Waals surface area (Å²) < 4.78 is 8.40. The fraction of sp³-hybridized carbons (Fsp3) is 0.300. The van der Waals surface area contributed by atoms with Crippen LogP contribution in [0.4, 0.5) is 0 Å². The third-order valence-electron chi connectivity index (χ3n) is 4.46. The second-order valence-electron chi connectivity index (χ2n) is 6.33. The SMILES string of the molecule is COc1ccc(CC(=O)N=c2sc3cc(C)c(C)cc3n2C)cc1C. The number of aromatic nitrogens is 1. The molecule has 25 heavy (non-hydrogen) atoms. The maximum Gasteiger partial charge on any atom is 0.252 e. The standard InChI is InChI=1S/C20H22N2O2S/c1-12-9-16-18(10-13(12)2)25-20(22(16)4)21-19(23)11-15-6-7-17(24-5)14(3)8-15/h6-10H,11H2,1-5H3. The molecule has 0 aliphatic heterocycles. The van der Waals surface area contributed by atoms with Gasteiger partial charge in [0.05, 0.1) is 23.7 Å². The largest absolute Gasteiger partial charge is 0.496 e. The first kappa shape index (κ1) is 17.4. The lowest BCUT2D eigenvalue weighted by Gasteiger charge is -2.05. The molecule has 0 spiro atoms. The minimum absolute atomic E-state index is 0.139. The van der Waals surface area contributed by atoms with E-state index in [9.17, 15) is 4.79 Å². The first-order valence-electron chi connectivity index (χ1n) is 8.17. The van der Waals surface area contributed by atoms with Crippen LogP contribution in [0.3, 0.4) is 0 Å². The molecule has 1 aromatic heterocycles. The molecular formula is C20H22N2O2S. The molecule has 3 aromatic rings. The molecule has 0 aliphatic carbocycles. The monoisotopic (exact) mass is 354 g/mol. The highest BCUT2D eigenvalue weighted by atomic mass is 32.1. The van der Waals surface area contributed by atoms with Crippen molar-refractivity contribution in [2.24, 2.45) is 12.0 Å². The van der Waals surface area contributed by atoms with E-state index in [0.717, 1.165) is 31.9 Å². The number of thiazole rings is 1. The van der Waals surface area contributed by atoms with Crippen molar-refractivity contribution >= 4 is 27.5 Å². The van der Waals surface area contributed by atoms with E-state index < -0.39 is 0 Å². The molecule has 0 saturated carbocycles. The Morgan fingerprint density at radius 3 is 2.52 bits per heavy atom. The van der Waals surface area contributed by atoms with Gasteiger partial charge in [-0.2, -0.15) is 4.99 Å². The Balaban J connectivity index is 1.92. The van der Waals surface area contributed by atoms with Gasteiger partial charge in [-0.3, -0.25) is 4.79 Å². The zero-order chi connectivity index (χ0) is 18.1. The summed E-state index contributed by atoms with van der Waals surface area (Å²) in [6, 6.07) is 10.1. The third kappa shape index (κ3) is 3.51. The number of carbonyl (C=O) groups is 1. The van der Waals surface area contributed by atoms with Crippen molar-refractivity contribution in [1.82, 2.24) is 4.57 Å². The molecule has 0 bridgehead atoms. The summed E-state index contributed by atoms with van der Waals surface area (Å²) in [5.41, 5.74) is 5.57. The fourth-order valence-corrected chi connectivity index (χ4v) is 3.97. The third-order valence-corrected chi connectivity index (χ3v) is 5.55. The van der Waals surface area contributed by atoms with E-state index in [-0.39, 0.29) is 12.3 Å². The van der Waals surface area contributed by atoms with Crippen LogP contribution in [0.25, 0.3) is 10.2 Å². The number of rotatable bonds is 3. The topological polar surface area (TPSA) is 43.6 Å². The lowest BCUT2D eigenvalue weighted by atomic mass is 10.1. The number of hydrogen-bond acceptors (Lipinski definition) is 3. The molecule has 0 radical (unpaired) electrons. The van der Waals surface area contributed by atoms with Crippen LogP contribution >= 0.6 is 11.3 Å². The predicted molar refractivity (Wildman–Crippen MR) is 102 cm³/mol. The number of ether oxygens (including phenoxy) is 1. The number of benzene rings is 2. The Labute approximate surface area is 151 Å². The van der Waals surface area contributed by atoms with Crippen molar-refractivity contribution in [1.29, 1.82) is 0 Å². The van der Waals surface area contributed by atoms with Gasteiger partial charge in [0.1, 0.15) is 5.75 Å². The van der Waals surface area contributed by atoms with Gasteiger partial charge in [-0.1, -0.05) is 23.5 Å². The smallest absolute Gasteiger partial charge is 0.252 e. The van der Waals surface area contributed by atoms with Crippen LogP contribution in [-0.4, -0.2) is 17.6 Å². The van der Waals surface area contributed by atoms with Crippen molar-refractivity contribution < 1.29 is 9.53 Å². The van der Waals surface area contributed by atoms with E-state index in [2.05, 4.69) is 31.0 Å². The quantitative estimate of drug-likeness (QED) is 0.717. The zero-order valence-corrected chi connectivity index (χ0v) is 16.0. The molecule has 4 nitrogen and oxygen atoms in total. The van der Waals surface area contributed by atoms with Gasteiger partial charge in [-0.25, -0.2) is 0 Å². The minimum Gasteiger partial charge on any atom is -0.496 e. The molecule has 0 fully saturated rings. The summed E-state index contributed by atoms with van der Waals surface area (Å²) >= 11 is 1.55. The molecule has 1 heterocycles. The van der Waals surface area contributed by atoms with Crippen LogP contribution in [0.15, 0.2) is 35.3 Å². The van der Waals surface area contributed by atoms with Gasteiger partial charge in [0.15, 0.2) is 4.80 Å². The Kier molecular flexibility index (Phi) is 4.77. The van der Waals surface area contributed by atoms with E-state index in [1.165, 1.54) is 11.1 Å². The lowest BCUT2D eigenvalue weighted by Crippen LogP contribution is -2.14. The Morgan fingerprint density at radius 2 is 1.84 bits per heavy atom. The molecule has 5 heteroatoms. The maximum absolute atomic E-state index is 12.4. The highest BCUT2D eigenvalue weighted by Gasteiger charge is 2.08. The van der Waals surface area contributed by atoms with Crippen LogP contribution in [0.5, 0.6) is 5.75 Å². The minimum atomic E-state index is -0.139. The van der Waals surface area contributed by atoms with Gasteiger partial charge in [0.2, 0.25) is 0 Å². The number of nitrogens with zero attached hydrogens (tertiary/aromatic N) is 2. The summed E-state index contributed by atoms with van der Waals surface area (Å²) in [5, 5.41) is 0. The summed E-state index contributed by atoms with van der Waals surface area (Å²) in [6.45, 7) is 6.17. The number of hydrogen-bond donors (Lipinski definition) is 0. The number of aryl methyl sites for hydroxylation is 4. The molecule has 3 rings (SSSR count). The summed E-state index contributed by atoms with van der Waals surface area (Å²) in [7, 11) is 3.60. The Hall–Kier alpha value is -2.40. The first-order chi connectivity index (χ1) is 11.9. The normalized spacial score (nSPS) is 12.0. The average Bonchev–Trinajstić information content (AvgIpc) is 2.84. The Bertz CT molecular complexity index is 1030. The molecule has 0 aliphatic rings.